The van der Waals surface area contributed by atoms with Crippen molar-refractivity contribution in [1.82, 2.24) is 24.6 Å². The molecule has 7 nitrogen and oxygen atoms in total. The van der Waals surface area contributed by atoms with Gasteiger partial charge in [0, 0.05) is 35.7 Å². The fourth-order valence-corrected chi connectivity index (χ4v) is 5.03. The maximum Gasteiger partial charge on any atom is 0.276 e. The van der Waals surface area contributed by atoms with Crippen molar-refractivity contribution in [3.63, 3.8) is 0 Å². The molecule has 0 radical (unpaired) electrons. The first-order valence-corrected chi connectivity index (χ1v) is 12.4. The predicted molar refractivity (Wildman–Crippen MR) is 142 cm³/mol. The highest BCUT2D eigenvalue weighted by Crippen LogP contribution is 2.31. The van der Waals surface area contributed by atoms with Crippen molar-refractivity contribution in [3.05, 3.63) is 76.0 Å². The highest BCUT2D eigenvalue weighted by Gasteiger charge is 2.27. The molecule has 1 aliphatic heterocycles. The second kappa shape index (κ2) is 8.55. The van der Waals surface area contributed by atoms with Crippen LogP contribution in [0, 0.1) is 0 Å². The summed E-state index contributed by atoms with van der Waals surface area (Å²) in [4.78, 5) is 22.1. The Morgan fingerprint density at radius 3 is 2.64 bits per heavy atom. The van der Waals surface area contributed by atoms with E-state index in [1.807, 2.05) is 24.6 Å². The van der Waals surface area contributed by atoms with E-state index in [1.54, 1.807) is 29.2 Å². The second-order valence-electron chi connectivity index (χ2n) is 10.8. The maximum absolute atomic E-state index is 14.7. The van der Waals surface area contributed by atoms with E-state index >= 15 is 0 Å². The first-order valence-electron chi connectivity index (χ1n) is 12.4. The molecule has 0 unspecified atom stereocenters. The van der Waals surface area contributed by atoms with Crippen LogP contribution >= 0.6 is 0 Å². The van der Waals surface area contributed by atoms with Gasteiger partial charge in [-0.3, -0.25) is 9.78 Å². The molecule has 4 aromatic rings. The van der Waals surface area contributed by atoms with Crippen LogP contribution in [-0.4, -0.2) is 25.9 Å². The monoisotopic (exact) mass is 488 g/mol. The number of fused-ring (bicyclic) bond motifs is 2. The van der Waals surface area contributed by atoms with Crippen LogP contribution < -0.4 is 16.2 Å². The van der Waals surface area contributed by atoms with Crippen molar-refractivity contribution >= 4 is 22.4 Å². The number of nitrogens with one attached hydrogen (secondary N) is 2. The molecule has 5 rings (SSSR count). The Balaban J connectivity index is 1.61. The van der Waals surface area contributed by atoms with Crippen LogP contribution in [0.1, 0.15) is 64.4 Å². The molecule has 8 heteroatoms. The van der Waals surface area contributed by atoms with Gasteiger partial charge in [-0.05, 0) is 89.9 Å². The minimum absolute atomic E-state index is 0.0589. The molecule has 36 heavy (non-hydrogen) atoms. The minimum Gasteiger partial charge on any atom is -0.340 e. The lowest BCUT2D eigenvalue weighted by molar-refractivity contribution is 0.214. The number of nitrogens with zero attached hydrogens (tertiary/aromatic N) is 4. The highest BCUT2D eigenvalue weighted by molar-refractivity contribution is 5.83. The van der Waals surface area contributed by atoms with E-state index in [-0.39, 0.29) is 17.1 Å². The molecule has 0 fully saturated rings. The maximum atomic E-state index is 14.7. The van der Waals surface area contributed by atoms with Crippen LogP contribution in [0.15, 0.2) is 53.6 Å². The average molecular weight is 489 g/mol. The Labute approximate surface area is 210 Å². The normalized spacial score (nSPS) is 15.3. The topological polar surface area (TPSA) is 76.8 Å². The molecular formula is C28H33FN6O. The fraction of sp³-hybridized carbons (Fsp3) is 0.393. The Hall–Kier alpha value is -3.52. The Kier molecular flexibility index (Phi) is 5.75. The number of aromatic nitrogens is 4. The molecule has 1 aromatic carbocycles. The molecule has 1 aliphatic rings. The third-order valence-corrected chi connectivity index (χ3v) is 6.86. The van der Waals surface area contributed by atoms with E-state index in [1.165, 1.54) is 25.0 Å². The van der Waals surface area contributed by atoms with Crippen molar-refractivity contribution in [2.75, 3.05) is 11.9 Å². The zero-order chi connectivity index (χ0) is 25.8. The Bertz CT molecular complexity index is 1510. The second-order valence-corrected chi connectivity index (χ2v) is 10.8. The summed E-state index contributed by atoms with van der Waals surface area (Å²) in [5, 5.41) is 7.48. The molecule has 188 valence electrons. The summed E-state index contributed by atoms with van der Waals surface area (Å²) in [5.74, 6) is 0.630. The largest absolute Gasteiger partial charge is 0.340 e. The van der Waals surface area contributed by atoms with Crippen molar-refractivity contribution in [2.24, 2.45) is 0 Å². The van der Waals surface area contributed by atoms with Crippen molar-refractivity contribution in [1.29, 1.82) is 0 Å². The van der Waals surface area contributed by atoms with Crippen molar-refractivity contribution < 1.29 is 4.39 Å². The average Bonchev–Trinajstić information content (AvgIpc) is 3.10. The summed E-state index contributed by atoms with van der Waals surface area (Å²) in [7, 11) is 0. The zero-order valence-corrected chi connectivity index (χ0v) is 21.7. The lowest BCUT2D eigenvalue weighted by atomic mass is 9.85. The Morgan fingerprint density at radius 1 is 1.14 bits per heavy atom. The zero-order valence-electron chi connectivity index (χ0n) is 21.7. The van der Waals surface area contributed by atoms with E-state index in [0.717, 1.165) is 18.7 Å². The molecule has 0 spiro atoms. The van der Waals surface area contributed by atoms with Gasteiger partial charge in [0.2, 0.25) is 0 Å². The number of anilines is 2. The van der Waals surface area contributed by atoms with Gasteiger partial charge >= 0.3 is 0 Å². The van der Waals surface area contributed by atoms with Crippen LogP contribution in [-0.2, 0) is 17.6 Å². The van der Waals surface area contributed by atoms with Crippen molar-refractivity contribution in [2.45, 2.75) is 65.2 Å². The standard InChI is InChI=1S/C28H33FN6O/c1-17(2)34-26(36)21-16-31-25(33-19-7-8-22-18(13-19)9-12-32-28(22,5)6)15-23(21)35(34)20-10-11-30-24(14-20)27(3,4)29/h7-8,10-11,13-17,32H,9,12H2,1-6H3,(H,31,33). The SMILES string of the molecule is CC(C)n1c(=O)c2cnc(Nc3ccc4c(c3)CCNC4(C)C)cc2n1-c1ccnc(C(C)(C)F)c1. The van der Waals surface area contributed by atoms with E-state index in [0.29, 0.717) is 28.1 Å². The van der Waals surface area contributed by atoms with Gasteiger partial charge in [0.25, 0.3) is 5.56 Å². The van der Waals surface area contributed by atoms with Gasteiger partial charge in [0.05, 0.1) is 22.3 Å². The molecule has 0 saturated carbocycles. The molecule has 0 aliphatic carbocycles. The molecule has 2 N–H and O–H groups in total. The first kappa shape index (κ1) is 24.2. The molecular weight excluding hydrogens is 455 g/mol. The van der Waals surface area contributed by atoms with Crippen LogP contribution in [0.5, 0.6) is 0 Å². The number of benzene rings is 1. The summed E-state index contributed by atoms with van der Waals surface area (Å²) in [5.41, 5.74) is 3.43. The summed E-state index contributed by atoms with van der Waals surface area (Å²) < 4.78 is 18.2. The van der Waals surface area contributed by atoms with E-state index in [4.69, 9.17) is 0 Å². The van der Waals surface area contributed by atoms with Gasteiger partial charge < -0.3 is 10.6 Å². The molecule has 0 bridgehead atoms. The summed E-state index contributed by atoms with van der Waals surface area (Å²) in [6.07, 6.45) is 4.16. The first-order chi connectivity index (χ1) is 17.0. The fourth-order valence-electron chi connectivity index (χ4n) is 5.03. The van der Waals surface area contributed by atoms with Crippen molar-refractivity contribution in [3.8, 4) is 5.69 Å². The van der Waals surface area contributed by atoms with E-state index in [9.17, 15) is 9.18 Å². The van der Waals surface area contributed by atoms with Gasteiger partial charge in [-0.2, -0.15) is 0 Å². The number of rotatable bonds is 5. The minimum atomic E-state index is -1.60. The molecule has 3 aromatic heterocycles. The number of pyridine rings is 2. The lowest BCUT2D eigenvalue weighted by Crippen LogP contribution is -2.42. The molecule has 0 saturated heterocycles. The number of hydrogen-bond acceptors (Lipinski definition) is 5. The van der Waals surface area contributed by atoms with E-state index in [2.05, 4.69) is 52.6 Å². The number of halogens is 1. The number of alkyl halides is 1. The Morgan fingerprint density at radius 2 is 1.92 bits per heavy atom. The summed E-state index contributed by atoms with van der Waals surface area (Å²) in [6.45, 7) is 12.2. The summed E-state index contributed by atoms with van der Waals surface area (Å²) >= 11 is 0. The quantitative estimate of drug-likeness (QED) is 0.388. The van der Waals surface area contributed by atoms with Gasteiger partial charge in [-0.15, -0.1) is 0 Å². The molecule has 0 amide bonds. The van der Waals surface area contributed by atoms with Gasteiger partial charge in [0.15, 0.2) is 0 Å². The van der Waals surface area contributed by atoms with Gasteiger partial charge in [-0.1, -0.05) is 6.07 Å². The smallest absolute Gasteiger partial charge is 0.276 e. The summed E-state index contributed by atoms with van der Waals surface area (Å²) in [6, 6.07) is 11.6. The van der Waals surface area contributed by atoms with Crippen LogP contribution in [0.25, 0.3) is 16.6 Å². The lowest BCUT2D eigenvalue weighted by Gasteiger charge is -2.34. The third kappa shape index (κ3) is 4.19. The van der Waals surface area contributed by atoms with Gasteiger partial charge in [-0.25, -0.2) is 18.7 Å². The molecule has 4 heterocycles. The van der Waals surface area contributed by atoms with Crippen LogP contribution in [0.4, 0.5) is 15.9 Å². The predicted octanol–water partition coefficient (Wildman–Crippen LogP) is 5.49. The third-order valence-electron chi connectivity index (χ3n) is 6.86. The van der Waals surface area contributed by atoms with Gasteiger partial charge in [0.1, 0.15) is 11.5 Å². The number of hydrogen-bond donors (Lipinski definition) is 2. The highest BCUT2D eigenvalue weighted by atomic mass is 19.1. The molecule has 0 atom stereocenters. The van der Waals surface area contributed by atoms with Crippen LogP contribution in [0.2, 0.25) is 0 Å². The van der Waals surface area contributed by atoms with E-state index < -0.39 is 5.67 Å². The van der Waals surface area contributed by atoms with Crippen LogP contribution in [0.3, 0.4) is 0 Å².